The van der Waals surface area contributed by atoms with Crippen molar-refractivity contribution in [3.8, 4) is 5.75 Å². The summed E-state index contributed by atoms with van der Waals surface area (Å²) in [5.74, 6) is -0.208. The average molecular weight is 337 g/mol. The molecule has 2 heterocycles. The molecule has 1 aliphatic heterocycles. The van der Waals surface area contributed by atoms with Crippen LogP contribution in [0.3, 0.4) is 0 Å². The SMILES string of the molecule is FC(F)(F)Oc1ccc([C@@H](c2ccncc2)N2CCNCC2)cc1. The number of hydrogen-bond acceptors (Lipinski definition) is 4. The fourth-order valence-electron chi connectivity index (χ4n) is 2.95. The highest BCUT2D eigenvalue weighted by Crippen LogP contribution is 2.31. The predicted octanol–water partition coefficient (Wildman–Crippen LogP) is 2.97. The molecule has 2 aromatic rings. The van der Waals surface area contributed by atoms with Crippen LogP contribution in [0.2, 0.25) is 0 Å². The zero-order valence-electron chi connectivity index (χ0n) is 13.0. The number of alkyl halides is 3. The van der Waals surface area contributed by atoms with E-state index in [1.165, 1.54) is 12.1 Å². The Morgan fingerprint density at radius 1 is 0.958 bits per heavy atom. The van der Waals surface area contributed by atoms with Crippen molar-refractivity contribution in [2.45, 2.75) is 12.4 Å². The summed E-state index contributed by atoms with van der Waals surface area (Å²) < 4.78 is 40.9. The Morgan fingerprint density at radius 3 is 2.12 bits per heavy atom. The molecule has 1 atom stereocenters. The van der Waals surface area contributed by atoms with E-state index in [1.54, 1.807) is 24.5 Å². The van der Waals surface area contributed by atoms with Crippen LogP contribution in [0.4, 0.5) is 13.2 Å². The Bertz CT molecular complexity index is 640. The second-order valence-corrected chi connectivity index (χ2v) is 5.59. The summed E-state index contributed by atoms with van der Waals surface area (Å²) >= 11 is 0. The summed E-state index contributed by atoms with van der Waals surface area (Å²) in [6, 6.07) is 9.95. The molecule has 0 unspecified atom stereocenters. The zero-order valence-corrected chi connectivity index (χ0v) is 13.0. The Balaban J connectivity index is 1.87. The molecule has 1 aromatic carbocycles. The maximum absolute atomic E-state index is 12.3. The normalized spacial score (nSPS) is 17.5. The molecular formula is C17H18F3N3O. The van der Waals surface area contributed by atoms with E-state index in [2.05, 4.69) is 19.9 Å². The second kappa shape index (κ2) is 7.19. The second-order valence-electron chi connectivity index (χ2n) is 5.59. The molecule has 4 nitrogen and oxygen atoms in total. The van der Waals surface area contributed by atoms with Crippen LogP contribution in [0, 0.1) is 0 Å². The first kappa shape index (κ1) is 16.7. The molecular weight excluding hydrogens is 319 g/mol. The Hall–Kier alpha value is -2.12. The monoisotopic (exact) mass is 337 g/mol. The fraction of sp³-hybridized carbons (Fsp3) is 0.353. The van der Waals surface area contributed by atoms with Gasteiger partial charge in [0.1, 0.15) is 5.75 Å². The molecule has 24 heavy (non-hydrogen) atoms. The van der Waals surface area contributed by atoms with E-state index in [9.17, 15) is 13.2 Å². The van der Waals surface area contributed by atoms with Gasteiger partial charge in [-0.15, -0.1) is 13.2 Å². The number of nitrogens with one attached hydrogen (secondary N) is 1. The fourth-order valence-corrected chi connectivity index (χ4v) is 2.95. The minimum atomic E-state index is -4.68. The van der Waals surface area contributed by atoms with Crippen molar-refractivity contribution in [3.05, 3.63) is 59.9 Å². The van der Waals surface area contributed by atoms with Gasteiger partial charge in [-0.25, -0.2) is 0 Å². The van der Waals surface area contributed by atoms with Crippen molar-refractivity contribution in [1.82, 2.24) is 15.2 Å². The van der Waals surface area contributed by atoms with Crippen molar-refractivity contribution in [3.63, 3.8) is 0 Å². The minimum Gasteiger partial charge on any atom is -0.406 e. The molecule has 3 rings (SSSR count). The number of piperazine rings is 1. The largest absolute Gasteiger partial charge is 0.573 e. The third kappa shape index (κ3) is 4.24. The molecule has 7 heteroatoms. The lowest BCUT2D eigenvalue weighted by molar-refractivity contribution is -0.274. The highest BCUT2D eigenvalue weighted by molar-refractivity contribution is 5.35. The van der Waals surface area contributed by atoms with Gasteiger partial charge in [0.2, 0.25) is 0 Å². The van der Waals surface area contributed by atoms with Crippen LogP contribution < -0.4 is 10.1 Å². The van der Waals surface area contributed by atoms with Crippen molar-refractivity contribution in [2.24, 2.45) is 0 Å². The van der Waals surface area contributed by atoms with Crippen molar-refractivity contribution in [2.75, 3.05) is 26.2 Å². The summed E-state index contributed by atoms with van der Waals surface area (Å²) in [5.41, 5.74) is 1.99. The van der Waals surface area contributed by atoms with Gasteiger partial charge in [-0.2, -0.15) is 0 Å². The van der Waals surface area contributed by atoms with Crippen LogP contribution >= 0.6 is 0 Å². The van der Waals surface area contributed by atoms with Gasteiger partial charge >= 0.3 is 6.36 Å². The number of rotatable bonds is 4. The molecule has 128 valence electrons. The van der Waals surface area contributed by atoms with E-state index in [0.29, 0.717) is 0 Å². The zero-order chi connectivity index (χ0) is 17.0. The third-order valence-corrected chi connectivity index (χ3v) is 3.97. The van der Waals surface area contributed by atoms with Crippen molar-refractivity contribution in [1.29, 1.82) is 0 Å². The number of benzene rings is 1. The van der Waals surface area contributed by atoms with E-state index < -0.39 is 6.36 Å². The van der Waals surface area contributed by atoms with Gasteiger partial charge < -0.3 is 10.1 Å². The summed E-state index contributed by atoms with van der Waals surface area (Å²) in [7, 11) is 0. The summed E-state index contributed by atoms with van der Waals surface area (Å²) in [4.78, 5) is 6.36. The first-order valence-electron chi connectivity index (χ1n) is 7.73. The lowest BCUT2D eigenvalue weighted by atomic mass is 9.97. The number of pyridine rings is 1. The van der Waals surface area contributed by atoms with Gasteiger partial charge in [0.25, 0.3) is 0 Å². The number of halogens is 3. The standard InChI is InChI=1S/C17H18F3N3O/c18-17(19,20)24-15-3-1-13(2-4-15)16(14-5-7-21-8-6-14)23-11-9-22-10-12-23/h1-8,16,22H,9-12H2/t16-/m0/s1. The van der Waals surface area contributed by atoms with Crippen LogP contribution in [0.25, 0.3) is 0 Å². The molecule has 0 amide bonds. The molecule has 1 fully saturated rings. The first-order chi connectivity index (χ1) is 11.5. The van der Waals surface area contributed by atoms with Crippen LogP contribution in [0.15, 0.2) is 48.8 Å². The van der Waals surface area contributed by atoms with Gasteiger partial charge in [0.05, 0.1) is 6.04 Å². The van der Waals surface area contributed by atoms with Crippen LogP contribution in [-0.2, 0) is 0 Å². The van der Waals surface area contributed by atoms with Gasteiger partial charge in [-0.3, -0.25) is 9.88 Å². The predicted molar refractivity (Wildman–Crippen MR) is 83.6 cm³/mol. The van der Waals surface area contributed by atoms with E-state index in [1.807, 2.05) is 12.1 Å². The van der Waals surface area contributed by atoms with Crippen LogP contribution in [0.1, 0.15) is 17.2 Å². The molecule has 0 saturated carbocycles. The minimum absolute atomic E-state index is 0.0185. The van der Waals surface area contributed by atoms with E-state index in [0.717, 1.165) is 37.3 Å². The molecule has 1 aliphatic rings. The smallest absolute Gasteiger partial charge is 0.406 e. The van der Waals surface area contributed by atoms with Gasteiger partial charge in [0.15, 0.2) is 0 Å². The van der Waals surface area contributed by atoms with E-state index in [4.69, 9.17) is 0 Å². The molecule has 0 bridgehead atoms. The lowest BCUT2D eigenvalue weighted by Crippen LogP contribution is -2.45. The highest BCUT2D eigenvalue weighted by Gasteiger charge is 2.31. The molecule has 0 aliphatic carbocycles. The van der Waals surface area contributed by atoms with Gasteiger partial charge in [-0.1, -0.05) is 12.1 Å². The van der Waals surface area contributed by atoms with Crippen molar-refractivity contribution < 1.29 is 17.9 Å². The number of ether oxygens (including phenoxy) is 1. The molecule has 1 N–H and O–H groups in total. The first-order valence-corrected chi connectivity index (χ1v) is 7.73. The van der Waals surface area contributed by atoms with Gasteiger partial charge in [0, 0.05) is 38.6 Å². The Kier molecular flexibility index (Phi) is 5.01. The summed E-state index contributed by atoms with van der Waals surface area (Å²) in [6.45, 7) is 3.51. The molecule has 1 aromatic heterocycles. The topological polar surface area (TPSA) is 37.4 Å². The highest BCUT2D eigenvalue weighted by atomic mass is 19.4. The maximum Gasteiger partial charge on any atom is 0.573 e. The maximum atomic E-state index is 12.3. The number of hydrogen-bond donors (Lipinski definition) is 1. The number of nitrogens with zero attached hydrogens (tertiary/aromatic N) is 2. The van der Waals surface area contributed by atoms with E-state index in [-0.39, 0.29) is 11.8 Å². The summed E-state index contributed by atoms with van der Waals surface area (Å²) in [6.07, 6.45) is -1.22. The third-order valence-electron chi connectivity index (χ3n) is 3.97. The Labute approximate surface area is 138 Å². The van der Waals surface area contributed by atoms with Crippen LogP contribution in [0.5, 0.6) is 5.75 Å². The quantitative estimate of drug-likeness (QED) is 0.931. The Morgan fingerprint density at radius 2 is 1.54 bits per heavy atom. The molecule has 0 radical (unpaired) electrons. The average Bonchev–Trinajstić information content (AvgIpc) is 2.57. The van der Waals surface area contributed by atoms with Gasteiger partial charge in [-0.05, 0) is 35.4 Å². The van der Waals surface area contributed by atoms with Crippen molar-refractivity contribution >= 4 is 0 Å². The molecule has 0 spiro atoms. The lowest BCUT2D eigenvalue weighted by Gasteiger charge is -2.35. The number of aromatic nitrogens is 1. The van der Waals surface area contributed by atoms with E-state index >= 15 is 0 Å². The molecule has 1 saturated heterocycles. The van der Waals surface area contributed by atoms with Crippen LogP contribution in [-0.4, -0.2) is 42.4 Å². The summed E-state index contributed by atoms with van der Waals surface area (Å²) in [5, 5.41) is 3.31.